The van der Waals surface area contributed by atoms with Crippen LogP contribution in [0.1, 0.15) is 61.8 Å². The Kier molecular flexibility index (Phi) is 5.12. The van der Waals surface area contributed by atoms with Crippen molar-refractivity contribution in [3.63, 3.8) is 0 Å². The fourth-order valence-corrected chi connectivity index (χ4v) is 2.67. The Morgan fingerprint density at radius 2 is 1.86 bits per heavy atom. The van der Waals surface area contributed by atoms with Gasteiger partial charge < -0.3 is 0 Å². The zero-order valence-corrected chi connectivity index (χ0v) is 14.6. The van der Waals surface area contributed by atoms with Crippen molar-refractivity contribution < 1.29 is 0 Å². The normalized spacial score (nSPS) is 11.6. The second kappa shape index (κ2) is 6.87. The average molecular weight is 294 g/mol. The smallest absolute Gasteiger partial charge is 0.0753 e. The minimum Gasteiger partial charge on any atom is -0.257 e. The topological polar surface area (TPSA) is 25.8 Å². The molecule has 2 heteroatoms. The fourth-order valence-electron chi connectivity index (χ4n) is 2.67. The third-order valence-electron chi connectivity index (χ3n) is 3.97. The molecule has 2 aromatic heterocycles. The summed E-state index contributed by atoms with van der Waals surface area (Å²) in [6.07, 6.45) is 5.09. The molecule has 0 radical (unpaired) electrons. The zero-order valence-electron chi connectivity index (χ0n) is 14.6. The molecule has 22 heavy (non-hydrogen) atoms. The van der Waals surface area contributed by atoms with Crippen LogP contribution in [0.5, 0.6) is 0 Å². The summed E-state index contributed by atoms with van der Waals surface area (Å²) >= 11 is 0. The average Bonchev–Trinajstić information content (AvgIpc) is 2.50. The van der Waals surface area contributed by atoms with E-state index in [1.807, 2.05) is 6.92 Å². The Bertz CT molecular complexity index is 697. The standard InChI is InChI=1S/C20H26N2/c1-7-9-16-12-14(5)20(21-15(16)6)17-10-11-19(13(3)4)22-18(17)8-2/h7,9-13H,8H2,1-6H3/b9-7-. The summed E-state index contributed by atoms with van der Waals surface area (Å²) in [5, 5.41) is 0. The molecule has 0 aromatic carbocycles. The Morgan fingerprint density at radius 3 is 2.45 bits per heavy atom. The van der Waals surface area contributed by atoms with E-state index in [-0.39, 0.29) is 0 Å². The quantitative estimate of drug-likeness (QED) is 0.746. The molecule has 0 aliphatic carbocycles. The van der Waals surface area contributed by atoms with E-state index in [1.165, 1.54) is 16.7 Å². The van der Waals surface area contributed by atoms with E-state index in [9.17, 15) is 0 Å². The summed E-state index contributed by atoms with van der Waals surface area (Å²) in [5.41, 5.74) is 7.97. The Morgan fingerprint density at radius 1 is 1.14 bits per heavy atom. The number of rotatable bonds is 4. The molecule has 0 unspecified atom stereocenters. The molecule has 116 valence electrons. The van der Waals surface area contributed by atoms with Gasteiger partial charge in [0.25, 0.3) is 0 Å². The van der Waals surface area contributed by atoms with Crippen LogP contribution in [0.2, 0.25) is 0 Å². The molecule has 0 spiro atoms. The number of aryl methyl sites for hydroxylation is 3. The van der Waals surface area contributed by atoms with Gasteiger partial charge in [-0.25, -0.2) is 0 Å². The predicted molar refractivity (Wildman–Crippen MR) is 95.1 cm³/mol. The van der Waals surface area contributed by atoms with Gasteiger partial charge in [-0.3, -0.25) is 9.97 Å². The van der Waals surface area contributed by atoms with E-state index in [0.29, 0.717) is 5.92 Å². The first-order valence-electron chi connectivity index (χ1n) is 8.09. The van der Waals surface area contributed by atoms with Crippen molar-refractivity contribution in [2.45, 2.75) is 53.9 Å². The number of hydrogen-bond acceptors (Lipinski definition) is 2. The summed E-state index contributed by atoms with van der Waals surface area (Å²) < 4.78 is 0. The maximum absolute atomic E-state index is 4.85. The van der Waals surface area contributed by atoms with Crippen LogP contribution >= 0.6 is 0 Å². The number of hydrogen-bond donors (Lipinski definition) is 0. The molecule has 2 aromatic rings. The summed E-state index contributed by atoms with van der Waals surface area (Å²) in [4.78, 5) is 9.70. The van der Waals surface area contributed by atoms with Crippen molar-refractivity contribution in [2.75, 3.05) is 0 Å². The Balaban J connectivity index is 2.59. The van der Waals surface area contributed by atoms with E-state index >= 15 is 0 Å². The van der Waals surface area contributed by atoms with Gasteiger partial charge in [0.2, 0.25) is 0 Å². The first-order chi connectivity index (χ1) is 10.5. The molecule has 0 bridgehead atoms. The van der Waals surface area contributed by atoms with Crippen molar-refractivity contribution in [1.82, 2.24) is 9.97 Å². The largest absolute Gasteiger partial charge is 0.257 e. The summed E-state index contributed by atoms with van der Waals surface area (Å²) in [6, 6.07) is 6.54. The first-order valence-corrected chi connectivity index (χ1v) is 8.09. The van der Waals surface area contributed by atoms with Crippen LogP contribution in [0.15, 0.2) is 24.3 Å². The van der Waals surface area contributed by atoms with Gasteiger partial charge in [-0.2, -0.15) is 0 Å². The number of aromatic nitrogens is 2. The highest BCUT2D eigenvalue weighted by atomic mass is 14.8. The van der Waals surface area contributed by atoms with Crippen LogP contribution in [0.4, 0.5) is 0 Å². The SMILES string of the molecule is C/C=C\c1cc(C)c(-c2ccc(C(C)C)nc2CC)nc1C. The third-order valence-corrected chi connectivity index (χ3v) is 3.97. The van der Waals surface area contributed by atoms with Crippen molar-refractivity contribution in [3.8, 4) is 11.3 Å². The van der Waals surface area contributed by atoms with Crippen molar-refractivity contribution in [1.29, 1.82) is 0 Å². The molecule has 0 aliphatic rings. The molecule has 0 saturated carbocycles. The lowest BCUT2D eigenvalue weighted by Gasteiger charge is -2.14. The van der Waals surface area contributed by atoms with Crippen LogP contribution in [-0.4, -0.2) is 9.97 Å². The summed E-state index contributed by atoms with van der Waals surface area (Å²) in [7, 11) is 0. The fraction of sp³-hybridized carbons (Fsp3) is 0.400. The van der Waals surface area contributed by atoms with Gasteiger partial charge in [-0.05, 0) is 62.4 Å². The maximum atomic E-state index is 4.85. The molecule has 2 nitrogen and oxygen atoms in total. The maximum Gasteiger partial charge on any atom is 0.0753 e. The van der Waals surface area contributed by atoms with Gasteiger partial charge in [-0.15, -0.1) is 0 Å². The predicted octanol–water partition coefficient (Wildman–Crippen LogP) is 5.48. The van der Waals surface area contributed by atoms with Gasteiger partial charge in [-0.1, -0.05) is 32.9 Å². The molecule has 2 heterocycles. The molecular formula is C20H26N2. The van der Waals surface area contributed by atoms with E-state index in [1.54, 1.807) is 0 Å². The zero-order chi connectivity index (χ0) is 16.3. The first kappa shape index (κ1) is 16.4. The molecule has 0 amide bonds. The van der Waals surface area contributed by atoms with Gasteiger partial charge in [0.05, 0.1) is 5.69 Å². The number of allylic oxidation sites excluding steroid dienone is 1. The second-order valence-electron chi connectivity index (χ2n) is 6.07. The van der Waals surface area contributed by atoms with Crippen LogP contribution in [0.25, 0.3) is 17.3 Å². The lowest BCUT2D eigenvalue weighted by molar-refractivity contribution is 0.807. The lowest BCUT2D eigenvalue weighted by Crippen LogP contribution is -2.02. The molecule has 0 atom stereocenters. The molecule has 0 fully saturated rings. The van der Waals surface area contributed by atoms with Crippen molar-refractivity contribution in [3.05, 3.63) is 52.5 Å². The van der Waals surface area contributed by atoms with E-state index < -0.39 is 0 Å². The van der Waals surface area contributed by atoms with Crippen LogP contribution in [0.3, 0.4) is 0 Å². The Hall–Kier alpha value is -1.96. The molecule has 0 saturated heterocycles. The van der Waals surface area contributed by atoms with Crippen molar-refractivity contribution >= 4 is 6.08 Å². The Labute approximate surface area is 134 Å². The minimum absolute atomic E-state index is 0.451. The number of pyridine rings is 2. The van der Waals surface area contributed by atoms with Gasteiger partial charge in [0, 0.05) is 22.6 Å². The van der Waals surface area contributed by atoms with Gasteiger partial charge >= 0.3 is 0 Å². The number of nitrogens with zero attached hydrogens (tertiary/aromatic N) is 2. The highest BCUT2D eigenvalue weighted by molar-refractivity contribution is 5.68. The highest BCUT2D eigenvalue weighted by Gasteiger charge is 2.13. The van der Waals surface area contributed by atoms with E-state index in [4.69, 9.17) is 9.97 Å². The highest BCUT2D eigenvalue weighted by Crippen LogP contribution is 2.28. The summed E-state index contributed by atoms with van der Waals surface area (Å²) in [6.45, 7) is 12.8. The monoisotopic (exact) mass is 294 g/mol. The van der Waals surface area contributed by atoms with Crippen LogP contribution in [-0.2, 0) is 6.42 Å². The van der Waals surface area contributed by atoms with Gasteiger partial charge in [0.1, 0.15) is 0 Å². The van der Waals surface area contributed by atoms with E-state index in [2.05, 4.69) is 65.0 Å². The van der Waals surface area contributed by atoms with Gasteiger partial charge in [0.15, 0.2) is 0 Å². The third kappa shape index (κ3) is 3.27. The summed E-state index contributed by atoms with van der Waals surface area (Å²) in [5.74, 6) is 0.451. The van der Waals surface area contributed by atoms with Crippen molar-refractivity contribution in [2.24, 2.45) is 0 Å². The molecule has 0 aliphatic heterocycles. The molecular weight excluding hydrogens is 268 g/mol. The molecule has 0 N–H and O–H groups in total. The minimum atomic E-state index is 0.451. The lowest BCUT2D eigenvalue weighted by atomic mass is 9.99. The molecule has 2 rings (SSSR count). The second-order valence-corrected chi connectivity index (χ2v) is 6.07. The van der Waals surface area contributed by atoms with Crippen LogP contribution < -0.4 is 0 Å². The van der Waals surface area contributed by atoms with E-state index in [0.717, 1.165) is 29.2 Å². The van der Waals surface area contributed by atoms with Crippen LogP contribution in [0, 0.1) is 13.8 Å².